The van der Waals surface area contributed by atoms with E-state index >= 15 is 0 Å². The van der Waals surface area contributed by atoms with Gasteiger partial charge in [-0.2, -0.15) is 0 Å². The smallest absolute Gasteiger partial charge is 0.0351 e. The number of allylic oxidation sites excluding steroid dienone is 2. The van der Waals surface area contributed by atoms with Crippen LogP contribution in [0, 0.1) is 19.8 Å². The van der Waals surface area contributed by atoms with Gasteiger partial charge in [-0.1, -0.05) is 148 Å². The average Bonchev–Trinajstić information content (AvgIpc) is 2.71. The molecule has 0 rings (SSSR count). The molecule has 0 heterocycles. The molecule has 0 saturated heterocycles. The van der Waals surface area contributed by atoms with Gasteiger partial charge in [0.25, 0.3) is 0 Å². The number of hydrogen-bond acceptors (Lipinski definition) is 0. The molecule has 0 aliphatic rings. The zero-order chi connectivity index (χ0) is 20.5. The maximum Gasteiger partial charge on any atom is -0.0351 e. The van der Waals surface area contributed by atoms with E-state index in [9.17, 15) is 0 Å². The lowest BCUT2D eigenvalue weighted by molar-refractivity contribution is 0.395. The Morgan fingerprint density at radius 3 is 1.29 bits per heavy atom. The first-order chi connectivity index (χ1) is 13.8. The van der Waals surface area contributed by atoms with Gasteiger partial charge in [0.1, 0.15) is 0 Å². The maximum absolute atomic E-state index is 3.93. The minimum Gasteiger partial charge on any atom is -0.0885 e. The van der Waals surface area contributed by atoms with E-state index in [1.54, 1.807) is 0 Å². The van der Waals surface area contributed by atoms with Gasteiger partial charge in [0, 0.05) is 0 Å². The molecule has 0 bridgehead atoms. The summed E-state index contributed by atoms with van der Waals surface area (Å²) in [6, 6.07) is 0. The summed E-state index contributed by atoms with van der Waals surface area (Å²) in [4.78, 5) is 0. The Morgan fingerprint density at radius 1 is 0.500 bits per heavy atom. The van der Waals surface area contributed by atoms with E-state index in [4.69, 9.17) is 0 Å². The first kappa shape index (κ1) is 27.7. The van der Waals surface area contributed by atoms with Gasteiger partial charge in [-0.15, -0.1) is 0 Å². The summed E-state index contributed by atoms with van der Waals surface area (Å²) in [7, 11) is 0. The third-order valence-corrected chi connectivity index (χ3v) is 6.21. The van der Waals surface area contributed by atoms with Crippen molar-refractivity contribution < 1.29 is 0 Å². The van der Waals surface area contributed by atoms with Crippen molar-refractivity contribution in [1.29, 1.82) is 0 Å². The molecule has 0 aromatic carbocycles. The van der Waals surface area contributed by atoms with Crippen LogP contribution in [0.5, 0.6) is 0 Å². The Bertz CT molecular complexity index is 290. The monoisotopic (exact) mass is 390 g/mol. The van der Waals surface area contributed by atoms with Crippen molar-refractivity contribution in [3.05, 3.63) is 26.0 Å². The molecule has 0 spiro atoms. The molecule has 0 nitrogen and oxygen atoms in total. The number of rotatable bonds is 23. The van der Waals surface area contributed by atoms with E-state index in [1.807, 2.05) is 0 Å². The van der Waals surface area contributed by atoms with Crippen LogP contribution in [0.25, 0.3) is 0 Å². The SMILES string of the molecule is [CH2]CCCCCCCCCC/C=C/CCCCCC(CC)CCCCCC[CH2]. The molecule has 28 heavy (non-hydrogen) atoms. The molecule has 0 N–H and O–H groups in total. The van der Waals surface area contributed by atoms with Crippen molar-refractivity contribution in [2.45, 2.75) is 148 Å². The number of unbranched alkanes of at least 4 members (excludes halogenated alkanes) is 16. The van der Waals surface area contributed by atoms with Crippen LogP contribution in [0.3, 0.4) is 0 Å². The van der Waals surface area contributed by atoms with Crippen molar-refractivity contribution in [3.8, 4) is 0 Å². The highest BCUT2D eigenvalue weighted by atomic mass is 14.1. The highest BCUT2D eigenvalue weighted by Crippen LogP contribution is 2.21. The molecule has 0 amide bonds. The van der Waals surface area contributed by atoms with Crippen LogP contribution in [0.1, 0.15) is 148 Å². The zero-order valence-electron chi connectivity index (χ0n) is 19.7. The molecule has 0 aromatic rings. The van der Waals surface area contributed by atoms with Crippen LogP contribution in [0.15, 0.2) is 12.2 Å². The molecule has 0 aliphatic carbocycles. The average molecular weight is 391 g/mol. The summed E-state index contributed by atoms with van der Waals surface area (Å²) in [6.07, 6.45) is 35.1. The molecule has 0 fully saturated rings. The molecule has 1 unspecified atom stereocenters. The lowest BCUT2D eigenvalue weighted by Gasteiger charge is -2.14. The Morgan fingerprint density at radius 2 is 0.857 bits per heavy atom. The standard InChI is InChI=1S/C28H54/c1-4-7-9-11-12-13-14-15-16-17-18-19-20-21-23-25-27-28(6-3)26-24-22-10-8-5-2/h18-19,28H,1-2,4-17,20-27H2,3H3/b19-18+. The predicted octanol–water partition coefficient (Wildman–Crippen LogP) is 10.4. The van der Waals surface area contributed by atoms with E-state index in [-0.39, 0.29) is 0 Å². The van der Waals surface area contributed by atoms with E-state index in [0.29, 0.717) is 0 Å². The van der Waals surface area contributed by atoms with Gasteiger partial charge in [-0.05, 0) is 31.6 Å². The second kappa shape index (κ2) is 24.8. The van der Waals surface area contributed by atoms with Gasteiger partial charge in [-0.3, -0.25) is 0 Å². The summed E-state index contributed by atoms with van der Waals surface area (Å²) in [6.45, 7) is 10.2. The van der Waals surface area contributed by atoms with Crippen molar-refractivity contribution in [2.75, 3.05) is 0 Å². The third kappa shape index (κ3) is 22.0. The predicted molar refractivity (Wildman–Crippen MR) is 131 cm³/mol. The highest BCUT2D eigenvalue weighted by molar-refractivity contribution is 4.81. The fourth-order valence-electron chi connectivity index (χ4n) is 4.12. The van der Waals surface area contributed by atoms with Crippen LogP contribution in [-0.4, -0.2) is 0 Å². The Balaban J connectivity index is 3.29. The van der Waals surface area contributed by atoms with Crippen molar-refractivity contribution in [1.82, 2.24) is 0 Å². The highest BCUT2D eigenvalue weighted by Gasteiger charge is 2.05. The Hall–Kier alpha value is -0.260. The summed E-state index contributed by atoms with van der Waals surface area (Å²) < 4.78 is 0. The van der Waals surface area contributed by atoms with E-state index < -0.39 is 0 Å². The summed E-state index contributed by atoms with van der Waals surface area (Å²) >= 11 is 0. The minimum absolute atomic E-state index is 0.985. The van der Waals surface area contributed by atoms with Crippen molar-refractivity contribution in [3.63, 3.8) is 0 Å². The minimum atomic E-state index is 0.985. The Kier molecular flexibility index (Phi) is 24.5. The molecular weight excluding hydrogens is 336 g/mol. The second-order valence-corrected chi connectivity index (χ2v) is 8.91. The van der Waals surface area contributed by atoms with Gasteiger partial charge in [0.05, 0.1) is 0 Å². The first-order valence-electron chi connectivity index (χ1n) is 13.1. The molecule has 0 aliphatic heterocycles. The zero-order valence-corrected chi connectivity index (χ0v) is 19.7. The molecule has 0 heteroatoms. The van der Waals surface area contributed by atoms with Crippen LogP contribution >= 0.6 is 0 Å². The third-order valence-electron chi connectivity index (χ3n) is 6.21. The van der Waals surface area contributed by atoms with Gasteiger partial charge < -0.3 is 0 Å². The topological polar surface area (TPSA) is 0 Å². The quantitative estimate of drug-likeness (QED) is 0.120. The first-order valence-corrected chi connectivity index (χ1v) is 13.1. The lowest BCUT2D eigenvalue weighted by atomic mass is 9.92. The van der Waals surface area contributed by atoms with Crippen LogP contribution in [-0.2, 0) is 0 Å². The molecule has 0 saturated carbocycles. The van der Waals surface area contributed by atoms with Gasteiger partial charge >= 0.3 is 0 Å². The molecular formula is C28H54. The van der Waals surface area contributed by atoms with Crippen LogP contribution in [0.2, 0.25) is 0 Å². The fraction of sp³-hybridized carbons (Fsp3) is 0.857. The van der Waals surface area contributed by atoms with Crippen LogP contribution in [0.4, 0.5) is 0 Å². The lowest BCUT2D eigenvalue weighted by Crippen LogP contribution is -1.99. The van der Waals surface area contributed by atoms with Crippen LogP contribution < -0.4 is 0 Å². The summed E-state index contributed by atoms with van der Waals surface area (Å²) in [5.41, 5.74) is 0. The van der Waals surface area contributed by atoms with E-state index in [0.717, 1.165) is 18.8 Å². The van der Waals surface area contributed by atoms with Crippen molar-refractivity contribution in [2.24, 2.45) is 5.92 Å². The summed E-state index contributed by atoms with van der Waals surface area (Å²) in [5, 5.41) is 0. The van der Waals surface area contributed by atoms with Gasteiger partial charge in [0.15, 0.2) is 0 Å². The largest absolute Gasteiger partial charge is 0.0885 e. The Labute approximate surface area is 180 Å². The second-order valence-electron chi connectivity index (χ2n) is 8.91. The fourth-order valence-corrected chi connectivity index (χ4v) is 4.12. The van der Waals surface area contributed by atoms with E-state index in [2.05, 4.69) is 32.9 Å². The number of hydrogen-bond donors (Lipinski definition) is 0. The molecule has 2 radical (unpaired) electrons. The molecule has 166 valence electrons. The summed E-state index contributed by atoms with van der Waals surface area (Å²) in [5.74, 6) is 0.985. The van der Waals surface area contributed by atoms with Gasteiger partial charge in [0.2, 0.25) is 0 Å². The van der Waals surface area contributed by atoms with Gasteiger partial charge in [-0.25, -0.2) is 0 Å². The van der Waals surface area contributed by atoms with Crippen molar-refractivity contribution >= 4 is 0 Å². The normalized spacial score (nSPS) is 12.8. The van der Waals surface area contributed by atoms with E-state index in [1.165, 1.54) is 128 Å². The molecule has 1 atom stereocenters. The molecule has 0 aromatic heterocycles. The maximum atomic E-state index is 3.93.